The molecule has 1 aromatic carbocycles. The molecule has 8 heteroatoms. The number of rotatable bonds is 6. The Balaban J connectivity index is 2.45. The van der Waals surface area contributed by atoms with Gasteiger partial charge in [0, 0.05) is 16.3 Å². The molecule has 2 heterocycles. The molecule has 0 aliphatic carbocycles. The largest absolute Gasteiger partial charge is 0.462 e. The van der Waals surface area contributed by atoms with Crippen molar-refractivity contribution in [1.82, 2.24) is 9.97 Å². The van der Waals surface area contributed by atoms with E-state index in [2.05, 4.69) is 9.97 Å². The van der Waals surface area contributed by atoms with E-state index in [4.69, 9.17) is 14.2 Å². The molecule has 0 bridgehead atoms. The summed E-state index contributed by atoms with van der Waals surface area (Å²) in [4.78, 5) is 45.0. The number of carbonyl (C=O) groups is 3. The minimum atomic E-state index is -0.816. The molecule has 0 aliphatic heterocycles. The highest BCUT2D eigenvalue weighted by atomic mass is 16.5. The van der Waals surface area contributed by atoms with Crippen LogP contribution in [0.2, 0.25) is 0 Å². The van der Waals surface area contributed by atoms with Crippen LogP contribution in [0, 0.1) is 0 Å². The van der Waals surface area contributed by atoms with Gasteiger partial charge in [0.25, 0.3) is 0 Å². The summed E-state index contributed by atoms with van der Waals surface area (Å²) in [5.74, 6) is -2.24. The lowest BCUT2D eigenvalue weighted by atomic mass is 10.0. The molecule has 0 saturated heterocycles. The molecule has 0 saturated carbocycles. The molecule has 0 unspecified atom stereocenters. The Bertz CT molecular complexity index is 1070. The summed E-state index contributed by atoms with van der Waals surface area (Å²) in [5.41, 5.74) is 0.567. The predicted molar refractivity (Wildman–Crippen MR) is 101 cm³/mol. The molecule has 1 N–H and O–H groups in total. The number of esters is 3. The third-order valence-corrected chi connectivity index (χ3v) is 4.07. The highest BCUT2D eigenvalue weighted by Gasteiger charge is 2.30. The van der Waals surface area contributed by atoms with E-state index in [1.54, 1.807) is 39.0 Å². The average Bonchev–Trinajstić information content (AvgIpc) is 3.06. The number of ether oxygens (including phenoxy) is 3. The van der Waals surface area contributed by atoms with Gasteiger partial charge in [-0.2, -0.15) is 0 Å². The summed E-state index contributed by atoms with van der Waals surface area (Å²) in [5, 5.41) is 1.02. The van der Waals surface area contributed by atoms with Crippen molar-refractivity contribution in [2.75, 3.05) is 19.8 Å². The normalized spacial score (nSPS) is 10.8. The lowest BCUT2D eigenvalue weighted by molar-refractivity contribution is 0.0470. The number of aromatic amines is 1. The second-order valence-corrected chi connectivity index (χ2v) is 5.77. The van der Waals surface area contributed by atoms with Crippen LogP contribution in [0.1, 0.15) is 52.1 Å². The first-order valence-electron chi connectivity index (χ1n) is 8.99. The van der Waals surface area contributed by atoms with E-state index in [1.807, 2.05) is 6.07 Å². The SMILES string of the molecule is CCOC(=O)c1nc(C(=O)OCC)c2[nH]c3ccccc3c2c1C(=O)OCC. The van der Waals surface area contributed by atoms with E-state index in [1.165, 1.54) is 0 Å². The number of hydrogen-bond acceptors (Lipinski definition) is 7. The van der Waals surface area contributed by atoms with Gasteiger partial charge < -0.3 is 19.2 Å². The first-order valence-corrected chi connectivity index (χ1v) is 8.99. The standard InChI is InChI=1S/C20H20N2O6/c1-4-26-18(23)14-13-11-9-7-8-10-12(11)21-15(13)17(20(25)28-6-3)22-16(14)19(24)27-5-2/h7-10,21H,4-6H2,1-3H3. The lowest BCUT2D eigenvalue weighted by Crippen LogP contribution is -2.20. The quantitative estimate of drug-likeness (QED) is 0.513. The van der Waals surface area contributed by atoms with Crippen molar-refractivity contribution in [1.29, 1.82) is 0 Å². The Kier molecular flexibility index (Phi) is 5.58. The molecule has 0 radical (unpaired) electrons. The number of para-hydroxylation sites is 1. The molecule has 0 amide bonds. The van der Waals surface area contributed by atoms with Crippen LogP contribution in [0.25, 0.3) is 21.8 Å². The van der Waals surface area contributed by atoms with Crippen molar-refractivity contribution < 1.29 is 28.6 Å². The fourth-order valence-electron chi connectivity index (χ4n) is 3.02. The van der Waals surface area contributed by atoms with E-state index >= 15 is 0 Å². The lowest BCUT2D eigenvalue weighted by Gasteiger charge is -2.12. The van der Waals surface area contributed by atoms with Gasteiger partial charge in [-0.1, -0.05) is 18.2 Å². The van der Waals surface area contributed by atoms with Gasteiger partial charge in [-0.15, -0.1) is 0 Å². The minimum absolute atomic E-state index is 0.0409. The van der Waals surface area contributed by atoms with Crippen LogP contribution >= 0.6 is 0 Å². The number of carbonyl (C=O) groups excluding carboxylic acids is 3. The van der Waals surface area contributed by atoms with E-state index in [0.29, 0.717) is 21.8 Å². The Morgan fingerprint density at radius 2 is 1.43 bits per heavy atom. The fraction of sp³-hybridized carbons (Fsp3) is 0.300. The van der Waals surface area contributed by atoms with Crippen LogP contribution < -0.4 is 0 Å². The highest BCUT2D eigenvalue weighted by Crippen LogP contribution is 2.33. The van der Waals surface area contributed by atoms with Crippen LogP contribution in [0.15, 0.2) is 24.3 Å². The van der Waals surface area contributed by atoms with Crippen LogP contribution in [0.3, 0.4) is 0 Å². The topological polar surface area (TPSA) is 108 Å². The third kappa shape index (κ3) is 3.28. The molecule has 146 valence electrons. The van der Waals surface area contributed by atoms with Crippen LogP contribution in [0.4, 0.5) is 0 Å². The third-order valence-electron chi connectivity index (χ3n) is 4.07. The molecule has 2 aromatic heterocycles. The Morgan fingerprint density at radius 3 is 2.07 bits per heavy atom. The molecule has 3 rings (SSSR count). The van der Waals surface area contributed by atoms with Gasteiger partial charge in [0.2, 0.25) is 0 Å². The zero-order valence-corrected chi connectivity index (χ0v) is 15.8. The maximum atomic E-state index is 12.7. The van der Waals surface area contributed by atoms with Gasteiger partial charge in [-0.25, -0.2) is 19.4 Å². The smallest absolute Gasteiger partial charge is 0.359 e. The van der Waals surface area contributed by atoms with Gasteiger partial charge in [0.15, 0.2) is 11.4 Å². The fourth-order valence-corrected chi connectivity index (χ4v) is 3.02. The maximum absolute atomic E-state index is 12.7. The summed E-state index contributed by atoms with van der Waals surface area (Å²) in [6.45, 7) is 5.30. The average molecular weight is 384 g/mol. The van der Waals surface area contributed by atoms with Crippen molar-refractivity contribution in [2.45, 2.75) is 20.8 Å². The number of H-pyrrole nitrogens is 1. The second-order valence-electron chi connectivity index (χ2n) is 5.77. The molecule has 0 fully saturated rings. The first-order chi connectivity index (χ1) is 13.5. The summed E-state index contributed by atoms with van der Waals surface area (Å²) < 4.78 is 15.3. The van der Waals surface area contributed by atoms with E-state index in [0.717, 1.165) is 0 Å². The van der Waals surface area contributed by atoms with E-state index in [-0.39, 0.29) is 36.8 Å². The number of hydrogen-bond donors (Lipinski definition) is 1. The number of nitrogens with zero attached hydrogens (tertiary/aromatic N) is 1. The Labute approximate surface area is 160 Å². The minimum Gasteiger partial charge on any atom is -0.462 e. The number of nitrogens with one attached hydrogen (secondary N) is 1. The predicted octanol–water partition coefficient (Wildman–Crippen LogP) is 3.25. The highest BCUT2D eigenvalue weighted by molar-refractivity contribution is 6.23. The van der Waals surface area contributed by atoms with Crippen molar-refractivity contribution in [3.63, 3.8) is 0 Å². The van der Waals surface area contributed by atoms with Crippen molar-refractivity contribution >= 4 is 39.7 Å². The van der Waals surface area contributed by atoms with Crippen LogP contribution in [-0.2, 0) is 14.2 Å². The summed E-state index contributed by atoms with van der Waals surface area (Å²) in [6.07, 6.45) is 0. The van der Waals surface area contributed by atoms with E-state index < -0.39 is 17.9 Å². The number of fused-ring (bicyclic) bond motifs is 3. The Hall–Kier alpha value is -3.42. The van der Waals surface area contributed by atoms with Gasteiger partial charge in [0.1, 0.15) is 5.56 Å². The Morgan fingerprint density at radius 1 is 0.857 bits per heavy atom. The second kappa shape index (κ2) is 8.08. The van der Waals surface area contributed by atoms with Crippen molar-refractivity contribution in [3.05, 3.63) is 41.2 Å². The van der Waals surface area contributed by atoms with Crippen molar-refractivity contribution in [2.24, 2.45) is 0 Å². The van der Waals surface area contributed by atoms with Gasteiger partial charge in [-0.3, -0.25) is 0 Å². The number of benzene rings is 1. The number of pyridine rings is 1. The van der Waals surface area contributed by atoms with Gasteiger partial charge in [-0.05, 0) is 26.8 Å². The van der Waals surface area contributed by atoms with Crippen molar-refractivity contribution in [3.8, 4) is 0 Å². The van der Waals surface area contributed by atoms with Crippen LogP contribution in [-0.4, -0.2) is 47.7 Å². The summed E-state index contributed by atoms with van der Waals surface area (Å²) in [6, 6.07) is 7.18. The molecular weight excluding hydrogens is 364 g/mol. The maximum Gasteiger partial charge on any atom is 0.359 e. The molecule has 3 aromatic rings. The molecule has 0 spiro atoms. The van der Waals surface area contributed by atoms with E-state index in [9.17, 15) is 14.4 Å². The number of aromatic nitrogens is 2. The zero-order valence-electron chi connectivity index (χ0n) is 15.8. The van der Waals surface area contributed by atoms with Gasteiger partial charge >= 0.3 is 17.9 Å². The monoisotopic (exact) mass is 384 g/mol. The van der Waals surface area contributed by atoms with Crippen LogP contribution in [0.5, 0.6) is 0 Å². The summed E-state index contributed by atoms with van der Waals surface area (Å²) >= 11 is 0. The molecular formula is C20H20N2O6. The first kappa shape index (κ1) is 19.3. The zero-order chi connectivity index (χ0) is 20.3. The molecule has 28 heavy (non-hydrogen) atoms. The molecule has 0 atom stereocenters. The molecule has 0 aliphatic rings. The molecule has 8 nitrogen and oxygen atoms in total. The summed E-state index contributed by atoms with van der Waals surface area (Å²) in [7, 11) is 0. The van der Waals surface area contributed by atoms with Gasteiger partial charge in [0.05, 0.1) is 25.3 Å².